The Hall–Kier alpha value is -2.37. The number of halogens is 4. The summed E-state index contributed by atoms with van der Waals surface area (Å²) >= 11 is 0. The first kappa shape index (κ1) is 15.0. The molecule has 0 aliphatic carbocycles. The Morgan fingerprint density at radius 2 is 1.67 bits per heavy atom. The first-order chi connectivity index (χ1) is 9.80. The minimum atomic E-state index is -4.63. The van der Waals surface area contributed by atoms with Crippen LogP contribution in [0.2, 0.25) is 0 Å². The zero-order valence-electron chi connectivity index (χ0n) is 11.0. The second-order valence-corrected chi connectivity index (χ2v) is 4.39. The van der Waals surface area contributed by atoms with E-state index in [1.807, 2.05) is 0 Å². The smallest absolute Gasteiger partial charge is 0.311 e. The molecule has 1 amide bonds. The number of para-hydroxylation sites is 1. The number of alkyl halides is 3. The minimum absolute atomic E-state index is 0.458. The Kier molecular flexibility index (Phi) is 3.97. The molecule has 0 spiro atoms. The van der Waals surface area contributed by atoms with E-state index in [0.717, 1.165) is 4.90 Å². The van der Waals surface area contributed by atoms with Gasteiger partial charge in [-0.05, 0) is 30.3 Å². The lowest BCUT2D eigenvalue weighted by Crippen LogP contribution is -2.27. The van der Waals surface area contributed by atoms with Gasteiger partial charge in [0, 0.05) is 12.7 Å². The number of carbonyl (C=O) groups excluding carboxylic acids is 1. The van der Waals surface area contributed by atoms with Gasteiger partial charge >= 0.3 is 6.18 Å². The van der Waals surface area contributed by atoms with Gasteiger partial charge in [-0.1, -0.05) is 18.2 Å². The van der Waals surface area contributed by atoms with Gasteiger partial charge in [-0.15, -0.1) is 0 Å². The molecule has 2 aromatic carbocycles. The zero-order chi connectivity index (χ0) is 15.6. The highest BCUT2D eigenvalue weighted by Crippen LogP contribution is 2.30. The molecule has 0 saturated heterocycles. The maximum Gasteiger partial charge on any atom is 0.416 e. The van der Waals surface area contributed by atoms with Gasteiger partial charge in [-0.25, -0.2) is 4.39 Å². The molecule has 0 unspecified atom stereocenters. The summed E-state index contributed by atoms with van der Waals surface area (Å²) < 4.78 is 51.6. The molecular weight excluding hydrogens is 286 g/mol. The van der Waals surface area contributed by atoms with Gasteiger partial charge in [0.25, 0.3) is 5.91 Å². The van der Waals surface area contributed by atoms with Gasteiger partial charge in [-0.2, -0.15) is 13.2 Å². The SMILES string of the molecule is CN(C(=O)c1cc(C(F)(F)F)ccc1F)c1ccccc1. The summed E-state index contributed by atoms with van der Waals surface area (Å²) in [5.41, 5.74) is -1.22. The third-order valence-electron chi connectivity index (χ3n) is 2.97. The van der Waals surface area contributed by atoms with Gasteiger partial charge in [0.1, 0.15) is 5.82 Å². The van der Waals surface area contributed by atoms with Crippen LogP contribution in [0.5, 0.6) is 0 Å². The van der Waals surface area contributed by atoms with Crippen molar-refractivity contribution in [2.24, 2.45) is 0 Å². The first-order valence-electron chi connectivity index (χ1n) is 6.00. The van der Waals surface area contributed by atoms with Crippen LogP contribution in [0.1, 0.15) is 15.9 Å². The molecule has 0 fully saturated rings. The lowest BCUT2D eigenvalue weighted by atomic mass is 10.1. The maximum atomic E-state index is 13.7. The van der Waals surface area contributed by atoms with Crippen LogP contribution in [-0.2, 0) is 6.18 Å². The van der Waals surface area contributed by atoms with Crippen molar-refractivity contribution in [3.63, 3.8) is 0 Å². The van der Waals surface area contributed by atoms with Crippen molar-refractivity contribution in [2.75, 3.05) is 11.9 Å². The number of hydrogen-bond acceptors (Lipinski definition) is 1. The average Bonchev–Trinajstić information content (AvgIpc) is 2.46. The lowest BCUT2D eigenvalue weighted by Gasteiger charge is -2.18. The fourth-order valence-electron chi connectivity index (χ4n) is 1.82. The van der Waals surface area contributed by atoms with Crippen LogP contribution in [0.25, 0.3) is 0 Å². The highest BCUT2D eigenvalue weighted by molar-refractivity contribution is 6.06. The molecule has 6 heteroatoms. The number of rotatable bonds is 2. The average molecular weight is 297 g/mol. The summed E-state index contributed by atoms with van der Waals surface area (Å²) in [6.45, 7) is 0. The summed E-state index contributed by atoms with van der Waals surface area (Å²) in [6.07, 6.45) is -4.63. The normalized spacial score (nSPS) is 11.3. The summed E-state index contributed by atoms with van der Waals surface area (Å²) in [5.74, 6) is -1.83. The van der Waals surface area contributed by atoms with Crippen LogP contribution < -0.4 is 4.90 Å². The molecule has 110 valence electrons. The highest BCUT2D eigenvalue weighted by atomic mass is 19.4. The molecule has 2 nitrogen and oxygen atoms in total. The Balaban J connectivity index is 2.39. The Morgan fingerprint density at radius 3 is 2.24 bits per heavy atom. The van der Waals surface area contributed by atoms with Crippen molar-refractivity contribution in [2.45, 2.75) is 6.18 Å². The molecule has 0 bridgehead atoms. The highest BCUT2D eigenvalue weighted by Gasteiger charge is 2.32. The lowest BCUT2D eigenvalue weighted by molar-refractivity contribution is -0.137. The zero-order valence-corrected chi connectivity index (χ0v) is 11.0. The van der Waals surface area contributed by atoms with E-state index in [9.17, 15) is 22.4 Å². The predicted molar refractivity (Wildman–Crippen MR) is 70.6 cm³/mol. The molecule has 0 aliphatic heterocycles. The third-order valence-corrected chi connectivity index (χ3v) is 2.97. The van der Waals surface area contributed by atoms with Crippen molar-refractivity contribution in [1.29, 1.82) is 0 Å². The van der Waals surface area contributed by atoms with Crippen LogP contribution in [0.3, 0.4) is 0 Å². The van der Waals surface area contributed by atoms with E-state index in [4.69, 9.17) is 0 Å². The van der Waals surface area contributed by atoms with Gasteiger partial charge in [0.15, 0.2) is 0 Å². The number of amides is 1. The Labute approximate surface area is 118 Å². The number of hydrogen-bond donors (Lipinski definition) is 0. The van der Waals surface area contributed by atoms with Gasteiger partial charge in [0.05, 0.1) is 11.1 Å². The number of nitrogens with zero attached hydrogens (tertiary/aromatic N) is 1. The van der Waals surface area contributed by atoms with E-state index in [2.05, 4.69) is 0 Å². The van der Waals surface area contributed by atoms with Gasteiger partial charge < -0.3 is 4.90 Å². The largest absolute Gasteiger partial charge is 0.416 e. The molecule has 0 radical (unpaired) electrons. The summed E-state index contributed by atoms with van der Waals surface area (Å²) in [4.78, 5) is 13.3. The Bertz CT molecular complexity index is 652. The molecule has 0 aliphatic rings. The topological polar surface area (TPSA) is 20.3 Å². The maximum absolute atomic E-state index is 13.7. The molecule has 0 aromatic heterocycles. The molecule has 0 saturated carbocycles. The number of carbonyl (C=O) groups is 1. The number of benzene rings is 2. The summed E-state index contributed by atoms with van der Waals surface area (Å²) in [7, 11) is 1.37. The van der Waals surface area contributed by atoms with E-state index in [1.54, 1.807) is 30.3 Å². The molecule has 0 atom stereocenters. The van der Waals surface area contributed by atoms with E-state index in [-0.39, 0.29) is 0 Å². The number of anilines is 1. The van der Waals surface area contributed by atoms with E-state index >= 15 is 0 Å². The molecular formula is C15H11F4NO. The molecule has 2 aromatic rings. The summed E-state index contributed by atoms with van der Waals surface area (Å²) in [6, 6.07) is 10.0. The van der Waals surface area contributed by atoms with E-state index < -0.39 is 29.0 Å². The van der Waals surface area contributed by atoms with Gasteiger partial charge in [0.2, 0.25) is 0 Å². The second-order valence-electron chi connectivity index (χ2n) is 4.39. The third kappa shape index (κ3) is 3.21. The van der Waals surface area contributed by atoms with E-state index in [0.29, 0.717) is 23.9 Å². The van der Waals surface area contributed by atoms with Crippen molar-refractivity contribution in [1.82, 2.24) is 0 Å². The monoisotopic (exact) mass is 297 g/mol. The minimum Gasteiger partial charge on any atom is -0.311 e. The van der Waals surface area contributed by atoms with E-state index in [1.165, 1.54) is 7.05 Å². The van der Waals surface area contributed by atoms with Crippen LogP contribution >= 0.6 is 0 Å². The molecule has 2 rings (SSSR count). The second kappa shape index (κ2) is 5.55. The molecule has 0 heterocycles. The Morgan fingerprint density at radius 1 is 1.05 bits per heavy atom. The first-order valence-corrected chi connectivity index (χ1v) is 6.00. The predicted octanol–water partition coefficient (Wildman–Crippen LogP) is 4.12. The fraction of sp³-hybridized carbons (Fsp3) is 0.133. The standard InChI is InChI=1S/C15H11F4NO/c1-20(11-5-3-2-4-6-11)14(21)12-9-10(15(17,18)19)7-8-13(12)16/h2-9H,1H3. The van der Waals surface area contributed by atoms with Gasteiger partial charge in [-0.3, -0.25) is 4.79 Å². The van der Waals surface area contributed by atoms with Crippen LogP contribution in [0, 0.1) is 5.82 Å². The summed E-state index contributed by atoms with van der Waals surface area (Å²) in [5, 5.41) is 0. The van der Waals surface area contributed by atoms with Crippen LogP contribution in [0.4, 0.5) is 23.2 Å². The quantitative estimate of drug-likeness (QED) is 0.764. The van der Waals surface area contributed by atoms with Crippen molar-refractivity contribution < 1.29 is 22.4 Å². The van der Waals surface area contributed by atoms with Crippen molar-refractivity contribution in [3.05, 3.63) is 65.5 Å². The van der Waals surface area contributed by atoms with Crippen LogP contribution in [-0.4, -0.2) is 13.0 Å². The van der Waals surface area contributed by atoms with Crippen LogP contribution in [0.15, 0.2) is 48.5 Å². The molecule has 0 N–H and O–H groups in total. The van der Waals surface area contributed by atoms with Crippen molar-refractivity contribution >= 4 is 11.6 Å². The molecule has 21 heavy (non-hydrogen) atoms. The van der Waals surface area contributed by atoms with Crippen molar-refractivity contribution in [3.8, 4) is 0 Å². The fourth-order valence-corrected chi connectivity index (χ4v) is 1.82.